The maximum absolute atomic E-state index is 14.4. The molecule has 1 aliphatic carbocycles. The molecule has 1 fully saturated rings. The van der Waals surface area contributed by atoms with Gasteiger partial charge in [0.1, 0.15) is 0 Å². The third-order valence-electron chi connectivity index (χ3n) is 6.72. The van der Waals surface area contributed by atoms with Crippen LogP contribution in [0.4, 0.5) is 0 Å². The molecule has 1 saturated carbocycles. The van der Waals surface area contributed by atoms with E-state index < -0.39 is 5.60 Å². The summed E-state index contributed by atoms with van der Waals surface area (Å²) in [5.41, 5.74) is -0.760. The quantitative estimate of drug-likeness (QED) is 0.204. The predicted octanol–water partition coefficient (Wildman–Crippen LogP) is 5.67. The Hall–Kier alpha value is -1.86. The van der Waals surface area contributed by atoms with E-state index >= 15 is 0 Å². The summed E-state index contributed by atoms with van der Waals surface area (Å²) >= 11 is 7.80. The van der Waals surface area contributed by atoms with Crippen LogP contribution < -0.4 is 5.11 Å². The van der Waals surface area contributed by atoms with E-state index in [0.29, 0.717) is 12.4 Å². The van der Waals surface area contributed by atoms with Crippen molar-refractivity contribution in [3.63, 3.8) is 0 Å². The Kier molecular flexibility index (Phi) is 8.35. The van der Waals surface area contributed by atoms with Crippen LogP contribution in [0, 0.1) is 5.92 Å². The van der Waals surface area contributed by atoms with Gasteiger partial charge in [0.2, 0.25) is 5.89 Å². The van der Waals surface area contributed by atoms with Gasteiger partial charge in [0, 0.05) is 22.1 Å². The predicted molar refractivity (Wildman–Crippen MR) is 136 cm³/mol. The molecule has 3 aromatic rings. The number of halogens is 1. The van der Waals surface area contributed by atoms with E-state index in [1.54, 1.807) is 0 Å². The molecule has 1 aromatic heterocycles. The molecule has 0 N–H and O–H groups in total. The van der Waals surface area contributed by atoms with Crippen LogP contribution in [0.1, 0.15) is 55.9 Å². The lowest BCUT2D eigenvalue weighted by molar-refractivity contribution is -0.904. The number of thioether (sulfide) groups is 1. The van der Waals surface area contributed by atoms with E-state index in [4.69, 9.17) is 16.0 Å². The molecule has 0 amide bonds. The molecule has 1 heterocycles. The van der Waals surface area contributed by atoms with Crippen LogP contribution in [-0.4, -0.2) is 41.1 Å². The Labute approximate surface area is 212 Å². The van der Waals surface area contributed by atoms with Crippen LogP contribution in [0.3, 0.4) is 0 Å². The van der Waals surface area contributed by atoms with E-state index in [1.807, 2.05) is 54.2 Å². The first kappa shape index (κ1) is 25.2. The summed E-state index contributed by atoms with van der Waals surface area (Å²) < 4.78 is 6.84. The summed E-state index contributed by atoms with van der Waals surface area (Å²) in [4.78, 5) is 1.23. The molecule has 0 bridgehead atoms. The van der Waals surface area contributed by atoms with Gasteiger partial charge in [-0.3, -0.25) is 0 Å². The minimum atomic E-state index is -1.49. The first-order chi connectivity index (χ1) is 16.4. The van der Waals surface area contributed by atoms with Crippen molar-refractivity contribution in [3.8, 4) is 0 Å². The average molecular weight is 500 g/mol. The molecule has 34 heavy (non-hydrogen) atoms. The summed E-state index contributed by atoms with van der Waals surface area (Å²) in [6.45, 7) is 1.58. The van der Waals surface area contributed by atoms with Crippen molar-refractivity contribution in [2.75, 3.05) is 26.4 Å². The lowest BCUT2D eigenvalue weighted by Gasteiger charge is -2.46. The minimum Gasteiger partial charge on any atom is -0.839 e. The van der Waals surface area contributed by atoms with E-state index in [0.717, 1.165) is 59.5 Å². The van der Waals surface area contributed by atoms with Crippen molar-refractivity contribution in [2.45, 2.75) is 55.6 Å². The lowest BCUT2D eigenvalue weighted by atomic mass is 9.73. The molecular weight excluding hydrogens is 466 g/mol. The average Bonchev–Trinajstić information content (AvgIpc) is 3.32. The fourth-order valence-electron chi connectivity index (χ4n) is 4.85. The highest BCUT2D eigenvalue weighted by Gasteiger charge is 2.37. The largest absolute Gasteiger partial charge is 0.839 e. The number of aromatic nitrogens is 2. The second kappa shape index (κ2) is 11.3. The monoisotopic (exact) mass is 499 g/mol. The fourth-order valence-corrected chi connectivity index (χ4v) is 5.82. The van der Waals surface area contributed by atoms with E-state index in [1.165, 1.54) is 11.3 Å². The van der Waals surface area contributed by atoms with Gasteiger partial charge < -0.3 is 14.0 Å². The van der Waals surface area contributed by atoms with Gasteiger partial charge in [-0.15, -0.1) is 22.0 Å². The summed E-state index contributed by atoms with van der Waals surface area (Å²) in [7, 11) is 4.33. The fraction of sp³-hybridized carbons (Fsp3) is 0.481. The Morgan fingerprint density at radius 3 is 2.44 bits per heavy atom. The van der Waals surface area contributed by atoms with Crippen molar-refractivity contribution in [3.05, 3.63) is 77.0 Å². The molecule has 0 saturated heterocycles. The van der Waals surface area contributed by atoms with Gasteiger partial charge in [0.25, 0.3) is 5.89 Å². The molecule has 0 spiro atoms. The number of quaternary nitrogens is 1. The van der Waals surface area contributed by atoms with Crippen molar-refractivity contribution < 1.29 is 14.0 Å². The summed E-state index contributed by atoms with van der Waals surface area (Å²) in [5.74, 6) is 1.76. The van der Waals surface area contributed by atoms with Gasteiger partial charge in [0.05, 0.1) is 20.6 Å². The van der Waals surface area contributed by atoms with E-state index in [-0.39, 0.29) is 11.8 Å². The van der Waals surface area contributed by atoms with Gasteiger partial charge in [-0.25, -0.2) is 0 Å². The zero-order valence-electron chi connectivity index (χ0n) is 20.1. The summed E-state index contributed by atoms with van der Waals surface area (Å²) in [5, 5.41) is 23.8. The first-order valence-electron chi connectivity index (χ1n) is 12.2. The highest BCUT2D eigenvalue weighted by molar-refractivity contribution is 7.99. The zero-order valence-corrected chi connectivity index (χ0v) is 21.7. The maximum Gasteiger partial charge on any atom is 0.271 e. The molecule has 2 aromatic carbocycles. The van der Waals surface area contributed by atoms with Crippen LogP contribution in [0.5, 0.6) is 0 Å². The van der Waals surface area contributed by atoms with Gasteiger partial charge in [-0.05, 0) is 41.3 Å². The standard InChI is InChI=1S/C27H34ClN3O2S/c1-31(2,18-9-19-34-24-16-14-23(28)15-17-24)20-25-29-30-26(33-25)27(32,21-10-5-3-6-11-21)22-12-7-4-8-13-22/h3,5-6,10-11,14-17,22H,4,7-9,12-13,18-20H2,1-2H3. The van der Waals surface area contributed by atoms with Crippen LogP contribution in [0.25, 0.3) is 0 Å². The van der Waals surface area contributed by atoms with Crippen LogP contribution in [0.2, 0.25) is 5.02 Å². The zero-order chi connectivity index (χ0) is 24.0. The molecule has 4 rings (SSSR count). The van der Waals surface area contributed by atoms with Crippen LogP contribution >= 0.6 is 23.4 Å². The highest BCUT2D eigenvalue weighted by atomic mass is 35.5. The van der Waals surface area contributed by atoms with Crippen molar-refractivity contribution in [1.82, 2.24) is 10.2 Å². The summed E-state index contributed by atoms with van der Waals surface area (Å²) in [6.07, 6.45) is 6.23. The third kappa shape index (κ3) is 6.22. The molecule has 1 unspecified atom stereocenters. The number of hydrogen-bond acceptors (Lipinski definition) is 5. The molecule has 1 aliphatic rings. The van der Waals surface area contributed by atoms with E-state index in [9.17, 15) is 5.11 Å². The second-order valence-electron chi connectivity index (χ2n) is 9.91. The van der Waals surface area contributed by atoms with Crippen molar-refractivity contribution in [2.24, 2.45) is 5.92 Å². The molecule has 0 radical (unpaired) electrons. The minimum absolute atomic E-state index is 0.0238. The molecular formula is C27H34ClN3O2S. The number of rotatable bonds is 10. The molecule has 5 nitrogen and oxygen atoms in total. The molecule has 0 aliphatic heterocycles. The Morgan fingerprint density at radius 1 is 1.03 bits per heavy atom. The SMILES string of the molecule is C[N+](C)(CCCSc1ccc(Cl)cc1)Cc1nnc(C([O-])(c2ccccc2)C2CCCCC2)o1. The van der Waals surface area contributed by atoms with Crippen LogP contribution in [0.15, 0.2) is 63.9 Å². The second-order valence-corrected chi connectivity index (χ2v) is 11.5. The highest BCUT2D eigenvalue weighted by Crippen LogP contribution is 2.41. The third-order valence-corrected chi connectivity index (χ3v) is 8.07. The van der Waals surface area contributed by atoms with Gasteiger partial charge in [-0.2, -0.15) is 0 Å². The van der Waals surface area contributed by atoms with Crippen LogP contribution in [-0.2, 0) is 12.1 Å². The molecule has 182 valence electrons. The Morgan fingerprint density at radius 2 is 1.74 bits per heavy atom. The van der Waals surface area contributed by atoms with Gasteiger partial charge >= 0.3 is 0 Å². The Bertz CT molecular complexity index is 1040. The Balaban J connectivity index is 1.40. The van der Waals surface area contributed by atoms with Crippen molar-refractivity contribution >= 4 is 23.4 Å². The molecule has 1 atom stereocenters. The normalized spacial score (nSPS) is 16.9. The number of benzene rings is 2. The smallest absolute Gasteiger partial charge is 0.271 e. The van der Waals surface area contributed by atoms with Gasteiger partial charge in [0.15, 0.2) is 6.54 Å². The number of nitrogens with zero attached hydrogens (tertiary/aromatic N) is 3. The first-order valence-corrected chi connectivity index (χ1v) is 13.5. The lowest BCUT2D eigenvalue weighted by Crippen LogP contribution is -2.49. The topological polar surface area (TPSA) is 62.0 Å². The maximum atomic E-state index is 14.4. The van der Waals surface area contributed by atoms with Crippen molar-refractivity contribution in [1.29, 1.82) is 0 Å². The van der Waals surface area contributed by atoms with Gasteiger partial charge in [-0.1, -0.05) is 74.0 Å². The number of hydrogen-bond donors (Lipinski definition) is 0. The van der Waals surface area contributed by atoms with E-state index in [2.05, 4.69) is 36.4 Å². The summed E-state index contributed by atoms with van der Waals surface area (Å²) in [6, 6.07) is 17.6. The molecule has 7 heteroatoms.